The van der Waals surface area contributed by atoms with Gasteiger partial charge in [-0.05, 0) is 32.8 Å². The summed E-state index contributed by atoms with van der Waals surface area (Å²) in [5, 5.41) is 5.21. The molecule has 0 aromatic heterocycles. The Morgan fingerprint density at radius 1 is 1.11 bits per heavy atom. The van der Waals surface area contributed by atoms with Crippen LogP contribution in [0, 0.1) is 0 Å². The molecule has 0 aliphatic rings. The molecule has 0 saturated heterocycles. The van der Waals surface area contributed by atoms with Gasteiger partial charge < -0.3 is 24.8 Å². The van der Waals surface area contributed by atoms with Crippen LogP contribution in [0.4, 0.5) is 4.79 Å². The van der Waals surface area contributed by atoms with Crippen LogP contribution in [0.15, 0.2) is 30.3 Å². The van der Waals surface area contributed by atoms with Crippen LogP contribution in [0.5, 0.6) is 0 Å². The van der Waals surface area contributed by atoms with Gasteiger partial charge in [0.15, 0.2) is 0 Å². The van der Waals surface area contributed by atoms with Crippen LogP contribution in [0.1, 0.15) is 39.2 Å². The van der Waals surface area contributed by atoms with Gasteiger partial charge in [-0.2, -0.15) is 0 Å². The number of amides is 2. The minimum absolute atomic E-state index is 0.0169. The number of carbonyl (C=O) groups is 3. The first-order valence-corrected chi connectivity index (χ1v) is 9.17. The Hall–Kier alpha value is -2.61. The molecule has 2 N–H and O–H groups in total. The van der Waals surface area contributed by atoms with Crippen LogP contribution in [0.3, 0.4) is 0 Å². The molecule has 8 nitrogen and oxygen atoms in total. The first kappa shape index (κ1) is 23.4. The summed E-state index contributed by atoms with van der Waals surface area (Å²) in [7, 11) is 1.31. The van der Waals surface area contributed by atoms with Gasteiger partial charge in [-0.1, -0.05) is 30.3 Å². The summed E-state index contributed by atoms with van der Waals surface area (Å²) in [6.45, 7) is 5.78. The second-order valence-electron chi connectivity index (χ2n) is 7.17. The molecule has 0 radical (unpaired) electrons. The molecule has 0 bridgehead atoms. The number of rotatable bonds is 10. The predicted octanol–water partition coefficient (Wildman–Crippen LogP) is 2.17. The Morgan fingerprint density at radius 3 is 2.39 bits per heavy atom. The fraction of sp³-hybridized carbons (Fsp3) is 0.550. The van der Waals surface area contributed by atoms with Crippen LogP contribution in [0.2, 0.25) is 0 Å². The molecule has 0 aliphatic carbocycles. The maximum Gasteiger partial charge on any atom is 0.408 e. The largest absolute Gasteiger partial charge is 0.469 e. The van der Waals surface area contributed by atoms with Gasteiger partial charge in [-0.25, -0.2) is 4.79 Å². The molecule has 0 saturated carbocycles. The Morgan fingerprint density at radius 2 is 1.79 bits per heavy atom. The highest BCUT2D eigenvalue weighted by Gasteiger charge is 2.24. The van der Waals surface area contributed by atoms with Crippen molar-refractivity contribution in [3.8, 4) is 0 Å². The van der Waals surface area contributed by atoms with Crippen LogP contribution < -0.4 is 10.6 Å². The van der Waals surface area contributed by atoms with Crippen molar-refractivity contribution in [2.75, 3.05) is 20.3 Å². The summed E-state index contributed by atoms with van der Waals surface area (Å²) in [5.74, 6) is -0.757. The number of hydrogen-bond donors (Lipinski definition) is 2. The third-order valence-electron chi connectivity index (χ3n) is 3.49. The van der Waals surface area contributed by atoms with Crippen molar-refractivity contribution in [2.45, 2.75) is 51.9 Å². The highest BCUT2D eigenvalue weighted by molar-refractivity contribution is 5.85. The molecule has 0 spiro atoms. The minimum Gasteiger partial charge on any atom is -0.469 e. The molecular formula is C20H30N2O6. The summed E-state index contributed by atoms with van der Waals surface area (Å²) in [5.41, 5.74) is 0.272. The van der Waals surface area contributed by atoms with Gasteiger partial charge >= 0.3 is 12.1 Å². The molecule has 156 valence electrons. The highest BCUT2D eigenvalue weighted by atomic mass is 16.6. The molecule has 8 heteroatoms. The van der Waals surface area contributed by atoms with Crippen molar-refractivity contribution in [2.24, 2.45) is 0 Å². The maximum absolute atomic E-state index is 12.4. The molecule has 0 heterocycles. The quantitative estimate of drug-likeness (QED) is 0.466. The Bertz CT molecular complexity index is 627. The lowest BCUT2D eigenvalue weighted by atomic mass is 10.2. The fourth-order valence-corrected chi connectivity index (χ4v) is 2.17. The van der Waals surface area contributed by atoms with Crippen LogP contribution in [0.25, 0.3) is 0 Å². The van der Waals surface area contributed by atoms with E-state index in [-0.39, 0.29) is 25.5 Å². The van der Waals surface area contributed by atoms with Gasteiger partial charge in [-0.15, -0.1) is 0 Å². The Kier molecular flexibility index (Phi) is 10.0. The average Bonchev–Trinajstić information content (AvgIpc) is 2.63. The van der Waals surface area contributed by atoms with Gasteiger partial charge in [0.25, 0.3) is 0 Å². The van der Waals surface area contributed by atoms with E-state index in [2.05, 4.69) is 15.4 Å². The van der Waals surface area contributed by atoms with E-state index in [1.807, 2.05) is 30.3 Å². The van der Waals surface area contributed by atoms with Crippen molar-refractivity contribution in [3.63, 3.8) is 0 Å². The molecule has 1 aromatic carbocycles. The average molecular weight is 394 g/mol. The molecule has 0 aliphatic heterocycles. The van der Waals surface area contributed by atoms with Crippen LogP contribution in [-0.4, -0.2) is 49.9 Å². The molecule has 28 heavy (non-hydrogen) atoms. The van der Waals surface area contributed by atoms with Gasteiger partial charge in [0, 0.05) is 13.0 Å². The lowest BCUT2D eigenvalue weighted by molar-refractivity contribution is -0.140. The normalized spacial score (nSPS) is 12.0. The van der Waals surface area contributed by atoms with Crippen molar-refractivity contribution in [3.05, 3.63) is 35.9 Å². The molecule has 0 unspecified atom stereocenters. The second kappa shape index (κ2) is 12.0. The van der Waals surface area contributed by atoms with E-state index >= 15 is 0 Å². The van der Waals surface area contributed by atoms with E-state index in [4.69, 9.17) is 9.47 Å². The van der Waals surface area contributed by atoms with E-state index in [1.54, 1.807) is 20.8 Å². The third kappa shape index (κ3) is 10.5. The lowest BCUT2D eigenvalue weighted by Crippen LogP contribution is -2.50. The number of ether oxygens (including phenoxy) is 3. The zero-order chi connectivity index (χ0) is 21.0. The molecule has 2 amide bonds. The number of hydrogen-bond acceptors (Lipinski definition) is 6. The maximum atomic E-state index is 12.4. The SMILES string of the molecule is COC(=O)CCCNC(=O)[C@@H](COCc1ccccc1)NC(=O)OC(C)(C)C. The number of esters is 1. The number of nitrogens with one attached hydrogen (secondary N) is 2. The minimum atomic E-state index is -0.920. The van der Waals surface area contributed by atoms with E-state index in [0.29, 0.717) is 13.0 Å². The number of alkyl carbamates (subject to hydrolysis) is 1. The molecule has 1 atom stereocenters. The molecular weight excluding hydrogens is 364 g/mol. The van der Waals surface area contributed by atoms with Crippen LogP contribution in [-0.2, 0) is 30.4 Å². The fourth-order valence-electron chi connectivity index (χ4n) is 2.17. The smallest absolute Gasteiger partial charge is 0.408 e. The molecule has 0 fully saturated rings. The van der Waals surface area contributed by atoms with Crippen molar-refractivity contribution < 1.29 is 28.6 Å². The van der Waals surface area contributed by atoms with Crippen molar-refractivity contribution in [1.29, 1.82) is 0 Å². The predicted molar refractivity (Wildman–Crippen MR) is 104 cm³/mol. The highest BCUT2D eigenvalue weighted by Crippen LogP contribution is 2.07. The number of carbonyl (C=O) groups excluding carboxylic acids is 3. The van der Waals surface area contributed by atoms with E-state index < -0.39 is 23.6 Å². The summed E-state index contributed by atoms with van der Waals surface area (Å²) in [4.78, 5) is 35.6. The second-order valence-corrected chi connectivity index (χ2v) is 7.17. The van der Waals surface area contributed by atoms with Gasteiger partial charge in [0.1, 0.15) is 11.6 Å². The van der Waals surface area contributed by atoms with Gasteiger partial charge in [-0.3, -0.25) is 9.59 Å². The molecule has 1 rings (SSSR count). The van der Waals surface area contributed by atoms with E-state index in [1.165, 1.54) is 7.11 Å². The standard InChI is InChI=1S/C20H30N2O6/c1-20(2,3)28-19(25)22-16(14-27-13-15-9-6-5-7-10-15)18(24)21-12-8-11-17(23)26-4/h5-7,9-10,16H,8,11-14H2,1-4H3,(H,21,24)(H,22,25)/t16-/m1/s1. The summed E-state index contributed by atoms with van der Waals surface area (Å²) >= 11 is 0. The molecule has 1 aromatic rings. The Labute approximate surface area is 165 Å². The van der Waals surface area contributed by atoms with Crippen molar-refractivity contribution in [1.82, 2.24) is 10.6 Å². The zero-order valence-corrected chi connectivity index (χ0v) is 16.9. The lowest BCUT2D eigenvalue weighted by Gasteiger charge is -2.23. The van der Waals surface area contributed by atoms with E-state index in [9.17, 15) is 14.4 Å². The summed E-state index contributed by atoms with van der Waals surface area (Å²) in [6, 6.07) is 8.58. The summed E-state index contributed by atoms with van der Waals surface area (Å²) in [6.07, 6.45) is -0.0704. The van der Waals surface area contributed by atoms with Crippen LogP contribution >= 0.6 is 0 Å². The van der Waals surface area contributed by atoms with Gasteiger partial charge in [0.2, 0.25) is 5.91 Å². The van der Waals surface area contributed by atoms with Crippen molar-refractivity contribution >= 4 is 18.0 Å². The van der Waals surface area contributed by atoms with Gasteiger partial charge in [0.05, 0.1) is 20.3 Å². The number of benzene rings is 1. The first-order chi connectivity index (χ1) is 13.2. The van der Waals surface area contributed by atoms with E-state index in [0.717, 1.165) is 5.56 Å². The number of methoxy groups -OCH3 is 1. The Balaban J connectivity index is 2.56. The third-order valence-corrected chi connectivity index (χ3v) is 3.49. The monoisotopic (exact) mass is 394 g/mol. The first-order valence-electron chi connectivity index (χ1n) is 9.17. The summed E-state index contributed by atoms with van der Waals surface area (Å²) < 4.78 is 15.4. The topological polar surface area (TPSA) is 103 Å². The zero-order valence-electron chi connectivity index (χ0n) is 16.9.